The van der Waals surface area contributed by atoms with Crippen molar-refractivity contribution in [1.29, 1.82) is 21.0 Å². The molecule has 424 valence electrons. The molecule has 0 saturated carbocycles. The highest BCUT2D eigenvalue weighted by atomic mass is 32.1. The number of benzene rings is 8. The number of hydrogen-bond donors (Lipinski definition) is 0. The zero-order valence-corrected chi connectivity index (χ0v) is 53.4. The lowest BCUT2D eigenvalue weighted by Gasteiger charge is -2.35. The van der Waals surface area contributed by atoms with Gasteiger partial charge in [-0.25, -0.2) is 0 Å². The third-order valence-electron chi connectivity index (χ3n) is 17.8. The molecular weight excluding hydrogens is 1220 g/mol. The van der Waals surface area contributed by atoms with Gasteiger partial charge < -0.3 is 0 Å². The van der Waals surface area contributed by atoms with Crippen molar-refractivity contribution in [2.24, 2.45) is 0 Å². The Bertz CT molecular complexity index is 5110. The van der Waals surface area contributed by atoms with E-state index in [1.54, 1.807) is 34.8 Å². The number of aryl methyl sites for hydroxylation is 4. The molecule has 16 rings (SSSR count). The molecule has 0 fully saturated rings. The van der Waals surface area contributed by atoms with E-state index in [0.717, 1.165) is 76.3 Å². The maximum atomic E-state index is 9.57. The quantitative estimate of drug-likeness (QED) is 0.123. The van der Waals surface area contributed by atoms with E-state index in [1.165, 1.54) is 97.0 Å². The predicted molar refractivity (Wildman–Crippen MR) is 371 cm³/mol. The summed E-state index contributed by atoms with van der Waals surface area (Å²) in [5.41, 5.74) is 24.3. The fourth-order valence-corrected chi connectivity index (χ4v) is 20.0. The third-order valence-corrected chi connectivity index (χ3v) is 23.8. The summed E-state index contributed by atoms with van der Waals surface area (Å²) < 4.78 is 21.3. The number of aromatic nitrogens is 4. The van der Waals surface area contributed by atoms with Crippen molar-refractivity contribution < 1.29 is 0 Å². The molecule has 0 N–H and O–H groups in total. The Labute approximate surface area is 543 Å². The zero-order valence-electron chi connectivity index (χ0n) is 48.5. The Morgan fingerprint density at radius 2 is 0.678 bits per heavy atom. The summed E-state index contributed by atoms with van der Waals surface area (Å²) >= 11 is 9.60. The van der Waals surface area contributed by atoms with E-state index < -0.39 is 10.8 Å². The van der Waals surface area contributed by atoms with Crippen molar-refractivity contribution >= 4 is 112 Å². The highest BCUT2D eigenvalue weighted by Gasteiger charge is 2.54. The van der Waals surface area contributed by atoms with Crippen LogP contribution in [0, 0.1) is 73.0 Å². The lowest BCUT2D eigenvalue weighted by molar-refractivity contribution is 0.774. The third kappa shape index (κ3) is 8.28. The van der Waals surface area contributed by atoms with Crippen molar-refractivity contribution in [3.8, 4) is 86.9 Å². The van der Waals surface area contributed by atoms with Crippen molar-refractivity contribution in [3.63, 3.8) is 0 Å². The van der Waals surface area contributed by atoms with E-state index >= 15 is 0 Å². The standard InChI is InChI=1S/C76H44N8S6/c1-41-5-17-51(18-6-41)75(52-19-7-42(2)8-20-52)59-35-47(61-29-31-63(85-61)57-27-15-49(33-45(37-77)38-78)67-69(57)83-89-81-67)13-25-55(59)71-65(75)73-74(87-71)66-72(88-73)56-26-14-48(36-60(56)76(66,53-21-9-43(3)10-22-53)54-23-11-44(4)12-24-54)62-30-32-64(86-62)58-28-16-50(34-46(39-79)40-80)68-70(58)84-90-82-68/h5-36H,1-4H3. The van der Waals surface area contributed by atoms with Gasteiger partial charge in [0.2, 0.25) is 0 Å². The highest BCUT2D eigenvalue weighted by molar-refractivity contribution is 7.32. The van der Waals surface area contributed by atoms with Crippen molar-refractivity contribution in [2.45, 2.75) is 38.5 Å². The fraction of sp³-hybridized carbons (Fsp3) is 0.0789. The SMILES string of the molecule is Cc1ccc(C2(c3ccc(C)cc3)c3cc(-c4ccc(-c5ccc(C=C(C#N)C#N)c6nsnc56)s4)ccc3-c3sc4c5c(sc4c32)-c2ccc(-c3ccc(-c4ccc(C=C(C#N)C#N)c6nsnc46)s3)cc2C5(c2ccc(C)cc2)c2ccc(C)cc2)cc1. The molecule has 0 amide bonds. The molecule has 0 atom stereocenters. The first-order valence-corrected chi connectivity index (χ1v) is 33.7. The van der Waals surface area contributed by atoms with Crippen molar-refractivity contribution in [3.05, 3.63) is 271 Å². The minimum absolute atomic E-state index is 0.0169. The summed E-state index contributed by atoms with van der Waals surface area (Å²) in [5.74, 6) is 0. The summed E-state index contributed by atoms with van der Waals surface area (Å²) in [6, 6.07) is 75.9. The number of allylic oxidation sites excluding steroid dienone is 2. The number of rotatable bonds is 10. The molecule has 14 heteroatoms. The summed E-state index contributed by atoms with van der Waals surface area (Å²) in [6.07, 6.45) is 3.16. The number of nitrogens with zero attached hydrogens (tertiary/aromatic N) is 8. The summed E-state index contributed by atoms with van der Waals surface area (Å²) in [4.78, 5) is 6.92. The van der Waals surface area contributed by atoms with Crippen LogP contribution < -0.4 is 0 Å². The predicted octanol–water partition coefficient (Wildman–Crippen LogP) is 20.6. The first-order chi connectivity index (χ1) is 44.0. The van der Waals surface area contributed by atoms with Gasteiger partial charge in [-0.05, 0) is 132 Å². The van der Waals surface area contributed by atoms with Crippen LogP contribution in [0.3, 0.4) is 0 Å². The second kappa shape index (κ2) is 21.3. The Hall–Kier alpha value is -10.1. The number of hydrogen-bond acceptors (Lipinski definition) is 14. The highest BCUT2D eigenvalue weighted by Crippen LogP contribution is 2.69. The Morgan fingerprint density at radius 1 is 0.356 bits per heavy atom. The molecule has 0 bridgehead atoms. The normalized spacial score (nSPS) is 13.0. The molecule has 0 saturated heterocycles. The molecule has 8 aromatic carbocycles. The van der Waals surface area contributed by atoms with Gasteiger partial charge in [-0.1, -0.05) is 168 Å². The molecule has 8 nitrogen and oxygen atoms in total. The van der Waals surface area contributed by atoms with Crippen LogP contribution in [-0.2, 0) is 10.8 Å². The molecule has 6 aromatic heterocycles. The molecule has 0 unspecified atom stereocenters. The maximum absolute atomic E-state index is 9.57. The first-order valence-electron chi connectivity index (χ1n) is 29.0. The van der Waals surface area contributed by atoms with Gasteiger partial charge in [0.15, 0.2) is 0 Å². The van der Waals surface area contributed by atoms with Crippen LogP contribution in [0.1, 0.15) is 77.9 Å². The van der Waals surface area contributed by atoms with Gasteiger partial charge in [0.25, 0.3) is 0 Å². The second-order valence-corrected chi connectivity index (χ2v) is 28.2. The van der Waals surface area contributed by atoms with Crippen LogP contribution in [-0.4, -0.2) is 17.5 Å². The van der Waals surface area contributed by atoms with Crippen LogP contribution >= 0.6 is 68.8 Å². The Kier molecular flexibility index (Phi) is 13.1. The van der Waals surface area contributed by atoms with Crippen molar-refractivity contribution in [1.82, 2.24) is 17.5 Å². The molecule has 0 radical (unpaired) electrons. The number of nitriles is 4. The van der Waals surface area contributed by atoms with Crippen LogP contribution in [0.25, 0.3) is 106 Å². The minimum atomic E-state index is -0.708. The monoisotopic (exact) mass is 1260 g/mol. The van der Waals surface area contributed by atoms with Crippen LogP contribution in [0.2, 0.25) is 0 Å². The largest absolute Gasteiger partial charge is 0.192 e. The molecule has 2 aliphatic carbocycles. The fourth-order valence-electron chi connectivity index (χ4n) is 13.6. The zero-order chi connectivity index (χ0) is 61.2. The van der Waals surface area contributed by atoms with E-state index in [2.05, 4.69) is 194 Å². The Balaban J connectivity index is 0.906. The molecule has 6 heterocycles. The molecule has 0 spiro atoms. The van der Waals surface area contributed by atoms with Crippen molar-refractivity contribution in [2.75, 3.05) is 0 Å². The van der Waals surface area contributed by atoms with Gasteiger partial charge >= 0.3 is 0 Å². The van der Waals surface area contributed by atoms with E-state index in [1.807, 2.05) is 71.2 Å². The Morgan fingerprint density at radius 3 is 1.02 bits per heavy atom. The van der Waals surface area contributed by atoms with E-state index in [-0.39, 0.29) is 11.1 Å². The molecule has 90 heavy (non-hydrogen) atoms. The van der Waals surface area contributed by atoms with Gasteiger partial charge in [0, 0.05) is 62.6 Å². The van der Waals surface area contributed by atoms with Gasteiger partial charge in [-0.3, -0.25) is 0 Å². The summed E-state index contributed by atoms with van der Waals surface area (Å²) in [6.45, 7) is 8.68. The minimum Gasteiger partial charge on any atom is -0.192 e. The van der Waals surface area contributed by atoms with Crippen LogP contribution in [0.4, 0.5) is 0 Å². The summed E-state index contributed by atoms with van der Waals surface area (Å²) in [5, 5.41) is 38.3. The van der Waals surface area contributed by atoms with Gasteiger partial charge in [0.05, 0.1) is 43.7 Å². The van der Waals surface area contributed by atoms with Gasteiger partial charge in [-0.2, -0.15) is 38.5 Å². The van der Waals surface area contributed by atoms with E-state index in [4.69, 9.17) is 8.75 Å². The first kappa shape index (κ1) is 55.2. The van der Waals surface area contributed by atoms with Crippen LogP contribution in [0.5, 0.6) is 0 Å². The average molecular weight is 1260 g/mol. The second-order valence-electron chi connectivity index (χ2n) is 23.0. The van der Waals surface area contributed by atoms with Gasteiger partial charge in [0.1, 0.15) is 57.5 Å². The van der Waals surface area contributed by atoms with E-state index in [9.17, 15) is 21.0 Å². The smallest absolute Gasteiger partial charge is 0.130 e. The topological polar surface area (TPSA) is 147 Å². The number of fused-ring (bicyclic) bond motifs is 11. The maximum Gasteiger partial charge on any atom is 0.130 e. The van der Waals surface area contributed by atoms with E-state index in [0.29, 0.717) is 22.2 Å². The average Bonchev–Trinajstić information content (AvgIpc) is 1.49. The summed E-state index contributed by atoms with van der Waals surface area (Å²) in [7, 11) is 0. The van der Waals surface area contributed by atoms with Crippen LogP contribution in [0.15, 0.2) is 193 Å². The molecular formula is C76H44N8S6. The molecule has 0 aliphatic heterocycles. The lowest BCUT2D eigenvalue weighted by atomic mass is 9.66. The lowest BCUT2D eigenvalue weighted by Crippen LogP contribution is -2.29. The van der Waals surface area contributed by atoms with Gasteiger partial charge in [-0.15, -0.1) is 45.3 Å². The molecule has 2 aliphatic rings. The molecule has 14 aromatic rings. The number of thiophene rings is 4.